The second-order valence-corrected chi connectivity index (χ2v) is 5.83. The largest absolute Gasteiger partial charge is 0.327 e. The van der Waals surface area contributed by atoms with Gasteiger partial charge < -0.3 is 4.57 Å². The molecular weight excluding hydrogens is 286 g/mol. The van der Waals surface area contributed by atoms with Gasteiger partial charge in [-0.15, -0.1) is 11.6 Å². The average molecular weight is 301 g/mol. The molecule has 1 aliphatic rings. The second kappa shape index (κ2) is 5.29. The van der Waals surface area contributed by atoms with E-state index < -0.39 is 5.82 Å². The van der Waals surface area contributed by atoms with Crippen LogP contribution in [0.2, 0.25) is 5.02 Å². The fourth-order valence-electron chi connectivity index (χ4n) is 2.47. The average Bonchev–Trinajstić information content (AvgIpc) is 3.15. The second-order valence-electron chi connectivity index (χ2n) is 5.15. The van der Waals surface area contributed by atoms with E-state index >= 15 is 0 Å². The van der Waals surface area contributed by atoms with Crippen LogP contribution in [-0.2, 0) is 12.4 Å². The highest BCUT2D eigenvalue weighted by molar-refractivity contribution is 6.31. The first-order valence-electron chi connectivity index (χ1n) is 6.59. The molecule has 0 saturated heterocycles. The fraction of sp³-hybridized carbons (Fsp3) is 0.500. The van der Waals surface area contributed by atoms with Gasteiger partial charge in [0.1, 0.15) is 11.6 Å². The van der Waals surface area contributed by atoms with Crippen molar-refractivity contribution >= 4 is 34.2 Å². The SMILES string of the molecule is Fc1cc2nc(CCl)n(CCCC3CC3)c2cc1Cl. The van der Waals surface area contributed by atoms with Gasteiger partial charge in [0.25, 0.3) is 0 Å². The minimum absolute atomic E-state index is 0.136. The summed E-state index contributed by atoms with van der Waals surface area (Å²) in [5.41, 5.74) is 1.50. The van der Waals surface area contributed by atoms with Gasteiger partial charge in [-0.05, 0) is 24.8 Å². The molecule has 1 aromatic heterocycles. The maximum Gasteiger partial charge on any atom is 0.144 e. The molecule has 5 heteroatoms. The first-order valence-corrected chi connectivity index (χ1v) is 7.50. The van der Waals surface area contributed by atoms with Crippen molar-refractivity contribution in [1.82, 2.24) is 9.55 Å². The van der Waals surface area contributed by atoms with Crippen LogP contribution in [-0.4, -0.2) is 9.55 Å². The quantitative estimate of drug-likeness (QED) is 0.728. The van der Waals surface area contributed by atoms with Crippen LogP contribution < -0.4 is 0 Å². The molecule has 3 rings (SSSR count). The number of halogens is 3. The smallest absolute Gasteiger partial charge is 0.144 e. The Bertz CT molecular complexity index is 605. The van der Waals surface area contributed by atoms with E-state index in [1.165, 1.54) is 25.3 Å². The molecule has 1 aliphatic carbocycles. The highest BCUT2D eigenvalue weighted by Gasteiger charge is 2.21. The number of alkyl halides is 1. The van der Waals surface area contributed by atoms with Crippen molar-refractivity contribution in [1.29, 1.82) is 0 Å². The summed E-state index contributed by atoms with van der Waals surface area (Å²) in [6.07, 6.45) is 5.08. The number of aryl methyl sites for hydroxylation is 1. The molecule has 102 valence electrons. The van der Waals surface area contributed by atoms with Crippen LogP contribution >= 0.6 is 23.2 Å². The van der Waals surface area contributed by atoms with E-state index in [2.05, 4.69) is 9.55 Å². The summed E-state index contributed by atoms with van der Waals surface area (Å²) >= 11 is 11.8. The predicted octanol–water partition coefficient (Wildman–Crippen LogP) is 4.76. The Labute approximate surface area is 121 Å². The predicted molar refractivity (Wildman–Crippen MR) is 76.2 cm³/mol. The number of aromatic nitrogens is 2. The Balaban J connectivity index is 1.91. The zero-order chi connectivity index (χ0) is 13.4. The van der Waals surface area contributed by atoms with Gasteiger partial charge in [-0.25, -0.2) is 9.37 Å². The van der Waals surface area contributed by atoms with Gasteiger partial charge in [0.2, 0.25) is 0 Å². The lowest BCUT2D eigenvalue weighted by molar-refractivity contribution is 0.575. The number of benzene rings is 1. The number of hydrogen-bond acceptors (Lipinski definition) is 1. The lowest BCUT2D eigenvalue weighted by Gasteiger charge is -2.07. The van der Waals surface area contributed by atoms with Gasteiger partial charge in [-0.2, -0.15) is 0 Å². The Kier molecular flexibility index (Phi) is 3.68. The summed E-state index contributed by atoms with van der Waals surface area (Å²) in [4.78, 5) is 4.38. The molecule has 0 radical (unpaired) electrons. The minimum atomic E-state index is -0.432. The van der Waals surface area contributed by atoms with Crippen molar-refractivity contribution in [3.63, 3.8) is 0 Å². The standard InChI is InChI=1S/C14H15Cl2FN2/c15-8-14-18-12-7-11(17)10(16)6-13(12)19(14)5-1-2-9-3-4-9/h6-7,9H,1-5,8H2. The summed E-state index contributed by atoms with van der Waals surface area (Å²) in [6, 6.07) is 3.03. The third-order valence-electron chi connectivity index (χ3n) is 3.68. The summed E-state index contributed by atoms with van der Waals surface area (Å²) in [7, 11) is 0. The molecule has 2 nitrogen and oxygen atoms in total. The van der Waals surface area contributed by atoms with Crippen LogP contribution in [0.3, 0.4) is 0 Å². The van der Waals surface area contributed by atoms with Gasteiger partial charge >= 0.3 is 0 Å². The zero-order valence-corrected chi connectivity index (χ0v) is 12.0. The van der Waals surface area contributed by atoms with Gasteiger partial charge in [0.05, 0.1) is 21.9 Å². The van der Waals surface area contributed by atoms with Crippen molar-refractivity contribution in [3.8, 4) is 0 Å². The molecule has 1 saturated carbocycles. The lowest BCUT2D eigenvalue weighted by Crippen LogP contribution is -2.03. The third-order valence-corrected chi connectivity index (χ3v) is 4.21. The monoisotopic (exact) mass is 300 g/mol. The molecule has 2 aromatic rings. The van der Waals surface area contributed by atoms with E-state index in [1.807, 2.05) is 0 Å². The van der Waals surface area contributed by atoms with Crippen molar-refractivity contribution in [2.45, 2.75) is 38.1 Å². The molecule has 1 aromatic carbocycles. The Hall–Kier alpha value is -0.800. The Morgan fingerprint density at radius 2 is 2.16 bits per heavy atom. The molecule has 0 amide bonds. The third kappa shape index (κ3) is 2.72. The van der Waals surface area contributed by atoms with Crippen LogP contribution in [0.5, 0.6) is 0 Å². The number of nitrogens with zero attached hydrogens (tertiary/aromatic N) is 2. The van der Waals surface area contributed by atoms with Gasteiger partial charge in [-0.3, -0.25) is 0 Å². The van der Waals surface area contributed by atoms with Gasteiger partial charge in [-0.1, -0.05) is 24.4 Å². The molecule has 0 bridgehead atoms. The molecule has 0 aliphatic heterocycles. The van der Waals surface area contributed by atoms with Crippen LogP contribution in [0.15, 0.2) is 12.1 Å². The van der Waals surface area contributed by atoms with Gasteiger partial charge in [0.15, 0.2) is 0 Å². The first kappa shape index (κ1) is 13.2. The molecule has 0 atom stereocenters. The summed E-state index contributed by atoms with van der Waals surface area (Å²) in [5, 5.41) is 0.136. The number of rotatable bonds is 5. The molecule has 0 spiro atoms. The molecule has 19 heavy (non-hydrogen) atoms. The Morgan fingerprint density at radius 1 is 1.37 bits per heavy atom. The number of imidazole rings is 1. The fourth-order valence-corrected chi connectivity index (χ4v) is 2.83. The van der Waals surface area contributed by atoms with E-state index in [0.717, 1.165) is 30.2 Å². The van der Waals surface area contributed by atoms with E-state index in [4.69, 9.17) is 23.2 Å². The van der Waals surface area contributed by atoms with E-state index in [1.54, 1.807) is 6.07 Å². The minimum Gasteiger partial charge on any atom is -0.327 e. The molecule has 0 unspecified atom stereocenters. The van der Waals surface area contributed by atoms with Crippen LogP contribution in [0, 0.1) is 11.7 Å². The zero-order valence-electron chi connectivity index (χ0n) is 10.5. The normalized spacial score (nSPS) is 15.3. The highest BCUT2D eigenvalue weighted by atomic mass is 35.5. The van der Waals surface area contributed by atoms with Crippen LogP contribution in [0.4, 0.5) is 4.39 Å². The number of hydrogen-bond donors (Lipinski definition) is 0. The summed E-state index contributed by atoms with van der Waals surface area (Å²) < 4.78 is 15.5. The lowest BCUT2D eigenvalue weighted by atomic mass is 10.2. The van der Waals surface area contributed by atoms with Crippen molar-refractivity contribution in [3.05, 3.63) is 28.8 Å². The highest BCUT2D eigenvalue weighted by Crippen LogP contribution is 2.34. The molecule has 1 fully saturated rings. The topological polar surface area (TPSA) is 17.8 Å². The van der Waals surface area contributed by atoms with Crippen molar-refractivity contribution in [2.24, 2.45) is 5.92 Å². The van der Waals surface area contributed by atoms with Crippen molar-refractivity contribution in [2.75, 3.05) is 0 Å². The maximum absolute atomic E-state index is 13.4. The summed E-state index contributed by atoms with van der Waals surface area (Å²) in [5.74, 6) is 1.60. The molecule has 0 N–H and O–H groups in total. The van der Waals surface area contributed by atoms with Crippen LogP contribution in [0.1, 0.15) is 31.5 Å². The Morgan fingerprint density at radius 3 is 2.84 bits per heavy atom. The van der Waals surface area contributed by atoms with E-state index in [-0.39, 0.29) is 5.02 Å². The van der Waals surface area contributed by atoms with Gasteiger partial charge in [0, 0.05) is 12.6 Å². The maximum atomic E-state index is 13.4. The summed E-state index contributed by atoms with van der Waals surface area (Å²) in [6.45, 7) is 0.872. The van der Waals surface area contributed by atoms with Crippen molar-refractivity contribution < 1.29 is 4.39 Å². The first-order chi connectivity index (χ1) is 9.19. The van der Waals surface area contributed by atoms with E-state index in [9.17, 15) is 4.39 Å². The molecular formula is C14H15Cl2FN2. The molecule has 1 heterocycles. The number of fused-ring (bicyclic) bond motifs is 1. The van der Waals surface area contributed by atoms with Crippen LogP contribution in [0.25, 0.3) is 11.0 Å². The van der Waals surface area contributed by atoms with E-state index in [0.29, 0.717) is 11.4 Å².